The Kier molecular flexibility index (Phi) is 5.32. The van der Waals surface area contributed by atoms with Crippen molar-refractivity contribution in [2.75, 3.05) is 7.11 Å². The number of nitro groups is 1. The number of rotatable bonds is 4. The van der Waals surface area contributed by atoms with Crippen molar-refractivity contribution in [2.45, 2.75) is 0 Å². The fourth-order valence-corrected chi connectivity index (χ4v) is 1.49. The van der Waals surface area contributed by atoms with E-state index in [1.165, 1.54) is 37.4 Å². The van der Waals surface area contributed by atoms with Gasteiger partial charge in [0.15, 0.2) is 5.75 Å². The van der Waals surface area contributed by atoms with E-state index in [9.17, 15) is 10.1 Å². The molecule has 0 heterocycles. The molecule has 2 rings (SSSR count). The Morgan fingerprint density at radius 1 is 1.14 bits per heavy atom. The van der Waals surface area contributed by atoms with Crippen LogP contribution < -0.4 is 4.74 Å². The number of nitrogens with zero attached hydrogens (tertiary/aromatic N) is 3. The molecule has 2 aromatic carbocycles. The number of aromatic hydroxyl groups is 1. The summed E-state index contributed by atoms with van der Waals surface area (Å²) >= 11 is 0. The molecule has 0 aromatic heterocycles. The van der Waals surface area contributed by atoms with Crippen LogP contribution in [0.25, 0.3) is 0 Å². The van der Waals surface area contributed by atoms with Gasteiger partial charge in [0.2, 0.25) is 0 Å². The van der Waals surface area contributed by atoms with Gasteiger partial charge in [0, 0.05) is 6.07 Å². The topological polar surface area (TPSA) is 129 Å². The number of nitro benzene ring substituents is 1. The third-order valence-electron chi connectivity index (χ3n) is 2.50. The highest BCUT2D eigenvalue weighted by atomic mass is 16.6. The molecule has 0 atom stereocenters. The molecule has 0 aliphatic heterocycles. The van der Waals surface area contributed by atoms with Crippen LogP contribution in [-0.2, 0) is 0 Å². The van der Waals surface area contributed by atoms with Gasteiger partial charge in [-0.15, -0.1) is 5.11 Å². The molecule has 8 nitrogen and oxygen atoms in total. The van der Waals surface area contributed by atoms with E-state index in [2.05, 4.69) is 10.2 Å². The van der Waals surface area contributed by atoms with E-state index in [-0.39, 0.29) is 22.7 Å². The Labute approximate surface area is 119 Å². The van der Waals surface area contributed by atoms with Crippen molar-refractivity contribution >= 4 is 17.1 Å². The predicted molar refractivity (Wildman–Crippen MR) is 75.5 cm³/mol. The molecule has 0 spiro atoms. The molecular weight excluding hydrogens is 278 g/mol. The van der Waals surface area contributed by atoms with Gasteiger partial charge >= 0.3 is 0 Å². The van der Waals surface area contributed by atoms with Crippen molar-refractivity contribution in [3.8, 4) is 11.5 Å². The molecule has 0 saturated heterocycles. The first-order valence-electron chi connectivity index (χ1n) is 5.63. The summed E-state index contributed by atoms with van der Waals surface area (Å²) in [4.78, 5) is 10.2. The van der Waals surface area contributed by atoms with Gasteiger partial charge in [-0.05, 0) is 30.3 Å². The molecule has 21 heavy (non-hydrogen) atoms. The molecule has 2 aromatic rings. The van der Waals surface area contributed by atoms with Gasteiger partial charge in [-0.1, -0.05) is 0 Å². The maximum atomic E-state index is 10.7. The molecule has 0 amide bonds. The van der Waals surface area contributed by atoms with Crippen LogP contribution in [0.3, 0.4) is 0 Å². The second kappa shape index (κ2) is 6.96. The molecule has 0 aliphatic carbocycles. The third kappa shape index (κ3) is 3.98. The second-order valence-corrected chi connectivity index (χ2v) is 3.83. The van der Waals surface area contributed by atoms with Crippen LogP contribution in [0.15, 0.2) is 52.7 Å². The average molecular weight is 291 g/mol. The summed E-state index contributed by atoms with van der Waals surface area (Å²) < 4.78 is 5.05. The van der Waals surface area contributed by atoms with Crippen LogP contribution >= 0.6 is 0 Å². The van der Waals surface area contributed by atoms with Gasteiger partial charge in [0.05, 0.1) is 23.8 Å². The third-order valence-corrected chi connectivity index (χ3v) is 2.50. The van der Waals surface area contributed by atoms with E-state index in [0.717, 1.165) is 0 Å². The number of hydrogen-bond acceptors (Lipinski definition) is 6. The average Bonchev–Trinajstić information content (AvgIpc) is 2.46. The summed E-state index contributed by atoms with van der Waals surface area (Å²) in [5.74, 6) is 0.401. The monoisotopic (exact) mass is 291 g/mol. The zero-order chi connectivity index (χ0) is 14.5. The summed E-state index contributed by atoms with van der Waals surface area (Å²) in [5, 5.41) is 27.8. The zero-order valence-electron chi connectivity index (χ0n) is 11.1. The van der Waals surface area contributed by atoms with Crippen LogP contribution in [0.2, 0.25) is 0 Å². The van der Waals surface area contributed by atoms with Crippen LogP contribution in [0, 0.1) is 10.1 Å². The molecule has 0 radical (unpaired) electrons. The largest absolute Gasteiger partial charge is 0.508 e. The lowest BCUT2D eigenvalue weighted by Gasteiger charge is -2.02. The Bertz CT molecular complexity index is 655. The van der Waals surface area contributed by atoms with Gasteiger partial charge in [0.1, 0.15) is 11.4 Å². The van der Waals surface area contributed by atoms with Crippen molar-refractivity contribution in [3.63, 3.8) is 0 Å². The van der Waals surface area contributed by atoms with E-state index in [1.54, 1.807) is 12.1 Å². The number of benzene rings is 2. The summed E-state index contributed by atoms with van der Waals surface area (Å²) in [6.45, 7) is 0. The maximum Gasteiger partial charge on any atom is 0.273 e. The van der Waals surface area contributed by atoms with Gasteiger partial charge < -0.3 is 15.3 Å². The first kappa shape index (κ1) is 16.1. The van der Waals surface area contributed by atoms with Crippen molar-refractivity contribution in [3.05, 3.63) is 52.6 Å². The maximum absolute atomic E-state index is 10.7. The first-order valence-corrected chi connectivity index (χ1v) is 5.63. The number of hydrogen-bond donors (Lipinski definition) is 1. The fourth-order valence-electron chi connectivity index (χ4n) is 1.49. The van der Waals surface area contributed by atoms with Crippen molar-refractivity contribution in [1.82, 2.24) is 0 Å². The predicted octanol–water partition coefficient (Wildman–Crippen LogP) is 2.90. The highest BCUT2D eigenvalue weighted by molar-refractivity contribution is 5.57. The van der Waals surface area contributed by atoms with E-state index in [0.29, 0.717) is 11.4 Å². The minimum atomic E-state index is -0.511. The molecule has 0 fully saturated rings. The summed E-state index contributed by atoms with van der Waals surface area (Å²) in [6, 6.07) is 10.2. The molecule has 0 unspecified atom stereocenters. The highest BCUT2D eigenvalue weighted by Crippen LogP contribution is 2.32. The van der Waals surface area contributed by atoms with Gasteiger partial charge in [-0.2, -0.15) is 5.11 Å². The van der Waals surface area contributed by atoms with Gasteiger partial charge in [-0.25, -0.2) is 0 Å². The Morgan fingerprint density at radius 2 is 1.81 bits per heavy atom. The van der Waals surface area contributed by atoms with Crippen LogP contribution in [0.1, 0.15) is 0 Å². The lowest BCUT2D eigenvalue weighted by atomic mass is 10.2. The second-order valence-electron chi connectivity index (χ2n) is 3.83. The summed E-state index contributed by atoms with van der Waals surface area (Å²) in [5.41, 5.74) is 0.847. The van der Waals surface area contributed by atoms with Crippen LogP contribution in [0.5, 0.6) is 11.5 Å². The Hall–Kier alpha value is -3.00. The van der Waals surface area contributed by atoms with E-state index >= 15 is 0 Å². The molecule has 110 valence electrons. The minimum absolute atomic E-state index is 0. The van der Waals surface area contributed by atoms with Crippen molar-refractivity contribution in [1.29, 1.82) is 0 Å². The summed E-state index contributed by atoms with van der Waals surface area (Å²) in [6.07, 6.45) is 0. The quantitative estimate of drug-likeness (QED) is 0.527. The lowest BCUT2D eigenvalue weighted by molar-refractivity contribution is -0.384. The van der Waals surface area contributed by atoms with Gasteiger partial charge in [0.25, 0.3) is 5.69 Å². The lowest BCUT2D eigenvalue weighted by Crippen LogP contribution is -1.89. The standard InChI is InChI=1S/C13H11N3O4.H2O/c1-20-13-8-10(16(18)19)4-7-12(13)15-14-9-2-5-11(17)6-3-9;/h2-8,17H,1H3;1H2. The zero-order valence-corrected chi connectivity index (χ0v) is 11.1. The number of non-ortho nitro benzene ring substituents is 1. The molecule has 0 saturated carbocycles. The van der Waals surface area contributed by atoms with E-state index in [1.807, 2.05) is 0 Å². The fraction of sp³-hybridized carbons (Fsp3) is 0.0769. The minimum Gasteiger partial charge on any atom is -0.508 e. The Balaban J connectivity index is 0.00000220. The number of phenols is 1. The number of phenolic OH excluding ortho intramolecular Hbond substituents is 1. The first-order chi connectivity index (χ1) is 9.60. The van der Waals surface area contributed by atoms with Crippen molar-refractivity contribution in [2.24, 2.45) is 10.2 Å². The normalized spacial score (nSPS) is 10.1. The van der Waals surface area contributed by atoms with E-state index < -0.39 is 4.92 Å². The van der Waals surface area contributed by atoms with Crippen LogP contribution in [0.4, 0.5) is 17.1 Å². The molecule has 0 bridgehead atoms. The number of ether oxygens (including phenoxy) is 1. The molecular formula is C13H13N3O5. The van der Waals surface area contributed by atoms with Crippen LogP contribution in [-0.4, -0.2) is 22.6 Å². The van der Waals surface area contributed by atoms with Gasteiger partial charge in [-0.3, -0.25) is 10.1 Å². The molecule has 8 heteroatoms. The Morgan fingerprint density at radius 3 is 2.38 bits per heavy atom. The SMILES string of the molecule is COc1cc([N+](=O)[O-])ccc1N=Nc1ccc(O)cc1.O. The number of methoxy groups -OCH3 is 1. The highest BCUT2D eigenvalue weighted by Gasteiger charge is 2.10. The smallest absolute Gasteiger partial charge is 0.273 e. The van der Waals surface area contributed by atoms with Crippen molar-refractivity contribution < 1.29 is 20.2 Å². The molecule has 0 aliphatic rings. The molecule has 3 N–H and O–H groups in total. The van der Waals surface area contributed by atoms with E-state index in [4.69, 9.17) is 9.84 Å². The summed E-state index contributed by atoms with van der Waals surface area (Å²) in [7, 11) is 1.40. The number of azo groups is 1.